The van der Waals surface area contributed by atoms with Gasteiger partial charge in [-0.1, -0.05) is 55.9 Å². The van der Waals surface area contributed by atoms with E-state index in [1.807, 2.05) is 42.2 Å². The van der Waals surface area contributed by atoms with Crippen molar-refractivity contribution < 1.29 is 4.79 Å². The fourth-order valence-electron chi connectivity index (χ4n) is 3.24. The van der Waals surface area contributed by atoms with Crippen molar-refractivity contribution in [3.63, 3.8) is 0 Å². The van der Waals surface area contributed by atoms with Crippen molar-refractivity contribution >= 4 is 39.2 Å². The second-order valence-electron chi connectivity index (χ2n) is 6.62. The lowest BCUT2D eigenvalue weighted by atomic mass is 10.0. The maximum absolute atomic E-state index is 12.8. The van der Waals surface area contributed by atoms with E-state index in [0.29, 0.717) is 15.4 Å². The summed E-state index contributed by atoms with van der Waals surface area (Å²) >= 11 is 2.82. The lowest BCUT2D eigenvalue weighted by Gasteiger charge is -2.21. The first-order chi connectivity index (χ1) is 13.5. The monoisotopic (exact) mass is 415 g/mol. The molecular weight excluding hydrogens is 390 g/mol. The summed E-state index contributed by atoms with van der Waals surface area (Å²) in [5, 5.41) is 1.13. The third kappa shape index (κ3) is 4.47. The molecular formula is C21H25N3O2S2. The zero-order chi connectivity index (χ0) is 20.1. The highest BCUT2D eigenvalue weighted by molar-refractivity contribution is 7.99. The number of thioether (sulfide) groups is 1. The second kappa shape index (κ2) is 9.39. The molecule has 0 aliphatic heterocycles. The smallest absolute Gasteiger partial charge is 0.260 e. The van der Waals surface area contributed by atoms with Crippen molar-refractivity contribution in [2.24, 2.45) is 0 Å². The Bertz CT molecular complexity index is 1010. The van der Waals surface area contributed by atoms with Crippen molar-refractivity contribution in [1.29, 1.82) is 0 Å². The number of hydrogen-bond donors (Lipinski definition) is 1. The Morgan fingerprint density at radius 1 is 1.18 bits per heavy atom. The third-order valence-electron chi connectivity index (χ3n) is 4.45. The van der Waals surface area contributed by atoms with Crippen molar-refractivity contribution in [3.8, 4) is 11.1 Å². The number of rotatable bonds is 8. The van der Waals surface area contributed by atoms with Crippen LogP contribution in [-0.2, 0) is 4.79 Å². The van der Waals surface area contributed by atoms with Gasteiger partial charge in [-0.25, -0.2) is 4.98 Å². The first-order valence-electron chi connectivity index (χ1n) is 9.54. The molecule has 148 valence electrons. The van der Waals surface area contributed by atoms with E-state index in [1.54, 1.807) is 0 Å². The number of amides is 1. The zero-order valence-electron chi connectivity index (χ0n) is 16.4. The van der Waals surface area contributed by atoms with Gasteiger partial charge in [-0.05, 0) is 25.3 Å². The molecule has 1 amide bonds. The van der Waals surface area contributed by atoms with Gasteiger partial charge >= 0.3 is 0 Å². The molecule has 3 rings (SSSR count). The van der Waals surface area contributed by atoms with E-state index in [9.17, 15) is 9.59 Å². The minimum atomic E-state index is -0.151. The molecule has 0 bridgehead atoms. The molecule has 2 heterocycles. The van der Waals surface area contributed by atoms with Gasteiger partial charge in [0, 0.05) is 23.5 Å². The molecule has 0 fully saturated rings. The standard InChI is InChI=1S/C21H25N3O2S2/c1-4-11-24(12-5-2)16(25)13-27-21-22-19(26)18-17(14(3)28-20(18)23-21)15-9-7-6-8-10-15/h6-10H,4-5,11-13H2,1-3H3,(H,22,23,26). The Kier molecular flexibility index (Phi) is 6.91. The average molecular weight is 416 g/mol. The number of aromatic amines is 1. The summed E-state index contributed by atoms with van der Waals surface area (Å²) in [7, 11) is 0. The summed E-state index contributed by atoms with van der Waals surface area (Å²) in [6.07, 6.45) is 1.88. The topological polar surface area (TPSA) is 66.1 Å². The number of H-pyrrole nitrogens is 1. The highest BCUT2D eigenvalue weighted by Gasteiger charge is 2.18. The quantitative estimate of drug-likeness (QED) is 0.428. The fraction of sp³-hybridized carbons (Fsp3) is 0.381. The molecule has 0 unspecified atom stereocenters. The van der Waals surface area contributed by atoms with Crippen LogP contribution in [0.15, 0.2) is 40.3 Å². The number of carbonyl (C=O) groups is 1. The van der Waals surface area contributed by atoms with E-state index in [2.05, 4.69) is 23.8 Å². The van der Waals surface area contributed by atoms with Gasteiger partial charge in [0.15, 0.2) is 5.16 Å². The molecule has 28 heavy (non-hydrogen) atoms. The predicted molar refractivity (Wildman–Crippen MR) is 118 cm³/mol. The fourth-order valence-corrected chi connectivity index (χ4v) is 5.11. The molecule has 0 saturated heterocycles. The van der Waals surface area contributed by atoms with Gasteiger partial charge in [-0.2, -0.15) is 0 Å². The number of thiophene rings is 1. The second-order valence-corrected chi connectivity index (χ2v) is 8.79. The maximum Gasteiger partial charge on any atom is 0.260 e. The number of nitrogens with one attached hydrogen (secondary N) is 1. The lowest BCUT2D eigenvalue weighted by Crippen LogP contribution is -2.33. The molecule has 0 saturated carbocycles. The van der Waals surface area contributed by atoms with Crippen LogP contribution in [0, 0.1) is 6.92 Å². The summed E-state index contributed by atoms with van der Waals surface area (Å²) in [5.41, 5.74) is 1.81. The number of carbonyl (C=O) groups excluding carboxylic acids is 1. The first kappa shape index (κ1) is 20.6. The van der Waals surface area contributed by atoms with Crippen molar-refractivity contribution in [1.82, 2.24) is 14.9 Å². The van der Waals surface area contributed by atoms with Gasteiger partial charge in [0.2, 0.25) is 5.91 Å². The molecule has 0 aliphatic carbocycles. The molecule has 7 heteroatoms. The van der Waals surface area contributed by atoms with Crippen LogP contribution < -0.4 is 5.56 Å². The Labute approximate surface area is 173 Å². The Hall–Kier alpha value is -2.12. The van der Waals surface area contributed by atoms with E-state index >= 15 is 0 Å². The van der Waals surface area contributed by atoms with Crippen LogP contribution in [0.25, 0.3) is 21.3 Å². The largest absolute Gasteiger partial charge is 0.342 e. The zero-order valence-corrected chi connectivity index (χ0v) is 18.1. The minimum absolute atomic E-state index is 0.0868. The number of fused-ring (bicyclic) bond motifs is 1. The van der Waals surface area contributed by atoms with Crippen LogP contribution in [0.2, 0.25) is 0 Å². The normalized spacial score (nSPS) is 11.1. The SMILES string of the molecule is CCCN(CCC)C(=O)CSc1nc2sc(C)c(-c3ccccc3)c2c(=O)[nH]1. The summed E-state index contributed by atoms with van der Waals surface area (Å²) in [4.78, 5) is 36.4. The van der Waals surface area contributed by atoms with Gasteiger partial charge in [-0.15, -0.1) is 11.3 Å². The van der Waals surface area contributed by atoms with Crippen LogP contribution in [0.1, 0.15) is 31.6 Å². The summed E-state index contributed by atoms with van der Waals surface area (Å²) in [6, 6.07) is 9.90. The maximum atomic E-state index is 12.8. The Morgan fingerprint density at radius 3 is 2.50 bits per heavy atom. The molecule has 0 spiro atoms. The van der Waals surface area contributed by atoms with E-state index in [4.69, 9.17) is 0 Å². The molecule has 0 radical (unpaired) electrons. The summed E-state index contributed by atoms with van der Waals surface area (Å²) in [5.74, 6) is 0.369. The molecule has 2 aromatic heterocycles. The van der Waals surface area contributed by atoms with Gasteiger partial charge in [0.25, 0.3) is 5.56 Å². The number of aryl methyl sites for hydroxylation is 1. The molecule has 5 nitrogen and oxygen atoms in total. The van der Waals surface area contributed by atoms with E-state index < -0.39 is 0 Å². The van der Waals surface area contributed by atoms with Gasteiger partial charge in [-0.3, -0.25) is 9.59 Å². The molecule has 0 atom stereocenters. The van der Waals surface area contributed by atoms with Gasteiger partial charge < -0.3 is 9.88 Å². The van der Waals surface area contributed by atoms with Crippen molar-refractivity contribution in [2.45, 2.75) is 38.8 Å². The van der Waals surface area contributed by atoms with Crippen LogP contribution >= 0.6 is 23.1 Å². The number of benzene rings is 1. The van der Waals surface area contributed by atoms with E-state index in [0.717, 1.165) is 41.9 Å². The van der Waals surface area contributed by atoms with Crippen LogP contribution in [0.3, 0.4) is 0 Å². The van der Waals surface area contributed by atoms with Crippen LogP contribution in [-0.4, -0.2) is 39.6 Å². The van der Waals surface area contributed by atoms with Gasteiger partial charge in [0.1, 0.15) is 4.83 Å². The first-order valence-corrected chi connectivity index (χ1v) is 11.3. The average Bonchev–Trinajstić information content (AvgIpc) is 3.03. The molecule has 1 N–H and O–H groups in total. The summed E-state index contributed by atoms with van der Waals surface area (Å²) < 4.78 is 0. The Balaban J connectivity index is 1.85. The van der Waals surface area contributed by atoms with Gasteiger partial charge in [0.05, 0.1) is 11.1 Å². The number of nitrogens with zero attached hydrogens (tertiary/aromatic N) is 2. The van der Waals surface area contributed by atoms with Crippen LogP contribution in [0.5, 0.6) is 0 Å². The minimum Gasteiger partial charge on any atom is -0.342 e. The number of hydrogen-bond acceptors (Lipinski definition) is 5. The van der Waals surface area contributed by atoms with E-state index in [1.165, 1.54) is 23.1 Å². The molecule has 0 aliphatic rings. The van der Waals surface area contributed by atoms with Crippen molar-refractivity contribution in [2.75, 3.05) is 18.8 Å². The Morgan fingerprint density at radius 2 is 1.86 bits per heavy atom. The van der Waals surface area contributed by atoms with Crippen LogP contribution in [0.4, 0.5) is 0 Å². The number of aromatic nitrogens is 2. The third-order valence-corrected chi connectivity index (χ3v) is 6.31. The summed E-state index contributed by atoms with van der Waals surface area (Å²) in [6.45, 7) is 7.68. The highest BCUT2D eigenvalue weighted by Crippen LogP contribution is 2.35. The molecule has 3 aromatic rings. The predicted octanol–water partition coefficient (Wildman–Crippen LogP) is 4.70. The lowest BCUT2D eigenvalue weighted by molar-refractivity contribution is -0.128. The molecule has 1 aromatic carbocycles. The van der Waals surface area contributed by atoms with E-state index in [-0.39, 0.29) is 17.2 Å². The van der Waals surface area contributed by atoms with Crippen molar-refractivity contribution in [3.05, 3.63) is 45.6 Å². The highest BCUT2D eigenvalue weighted by atomic mass is 32.2.